The Morgan fingerprint density at radius 2 is 1.78 bits per heavy atom. The molecule has 0 radical (unpaired) electrons. The summed E-state index contributed by atoms with van der Waals surface area (Å²) >= 11 is 0. The average Bonchev–Trinajstić information content (AvgIpc) is 3.25. The first-order valence-electron chi connectivity index (χ1n) is 10.7. The predicted octanol–water partition coefficient (Wildman–Crippen LogP) is 4.34. The van der Waals surface area contributed by atoms with E-state index in [-0.39, 0.29) is 30.4 Å². The van der Waals surface area contributed by atoms with Crippen LogP contribution in [0.2, 0.25) is 0 Å². The summed E-state index contributed by atoms with van der Waals surface area (Å²) in [5.41, 5.74) is 4.18. The van der Waals surface area contributed by atoms with Crippen LogP contribution < -0.4 is 5.32 Å². The molecule has 7 heteroatoms. The van der Waals surface area contributed by atoms with Crippen molar-refractivity contribution < 1.29 is 17.9 Å². The van der Waals surface area contributed by atoms with E-state index in [1.54, 1.807) is 41.6 Å². The topological polar surface area (TPSA) is 69.6 Å². The van der Waals surface area contributed by atoms with Gasteiger partial charge in [-0.05, 0) is 65.9 Å². The fourth-order valence-corrected chi connectivity index (χ4v) is 6.98. The summed E-state index contributed by atoms with van der Waals surface area (Å²) in [4.78, 5) is 0.316. The van der Waals surface area contributed by atoms with Crippen LogP contribution in [0.15, 0.2) is 71.6 Å². The van der Waals surface area contributed by atoms with Crippen LogP contribution in [0.5, 0.6) is 0 Å². The maximum Gasteiger partial charge on any atom is 0.243 e. The first-order chi connectivity index (χ1) is 15.4. The van der Waals surface area contributed by atoms with E-state index in [4.69, 9.17) is 0 Å². The first kappa shape index (κ1) is 21.1. The molecule has 0 spiro atoms. The molecule has 5 nitrogen and oxygen atoms in total. The van der Waals surface area contributed by atoms with Crippen LogP contribution in [0.4, 0.5) is 10.1 Å². The Morgan fingerprint density at radius 1 is 1.06 bits per heavy atom. The van der Waals surface area contributed by atoms with Crippen LogP contribution >= 0.6 is 0 Å². The molecule has 2 aliphatic rings. The monoisotopic (exact) mass is 452 g/mol. The van der Waals surface area contributed by atoms with Crippen molar-refractivity contribution in [1.29, 1.82) is 0 Å². The SMILES string of the molecule is Cc1ccccc1S(=O)(=O)N1CC[C@@H]2[C@H](CO)Nc3ccc(-c4ccc(F)cc4)cc3[C@@H]21. The van der Waals surface area contributed by atoms with Crippen LogP contribution in [0.25, 0.3) is 11.1 Å². The van der Waals surface area contributed by atoms with Crippen molar-refractivity contribution in [2.24, 2.45) is 5.92 Å². The lowest BCUT2D eigenvalue weighted by Crippen LogP contribution is -2.42. The van der Waals surface area contributed by atoms with E-state index in [1.165, 1.54) is 12.1 Å². The van der Waals surface area contributed by atoms with Crippen molar-refractivity contribution in [1.82, 2.24) is 4.31 Å². The molecular formula is C25H25FN2O3S. The summed E-state index contributed by atoms with van der Waals surface area (Å²) in [5, 5.41) is 13.4. The lowest BCUT2D eigenvalue weighted by atomic mass is 9.82. The van der Waals surface area contributed by atoms with Crippen molar-refractivity contribution in [3.63, 3.8) is 0 Å². The molecule has 2 N–H and O–H groups in total. The number of rotatable bonds is 4. The van der Waals surface area contributed by atoms with Gasteiger partial charge in [0, 0.05) is 18.2 Å². The van der Waals surface area contributed by atoms with Gasteiger partial charge in [-0.2, -0.15) is 4.31 Å². The number of aliphatic hydroxyl groups excluding tert-OH is 1. The molecule has 2 heterocycles. The molecule has 0 saturated carbocycles. The third kappa shape index (κ3) is 3.41. The van der Waals surface area contributed by atoms with Gasteiger partial charge in [0.2, 0.25) is 10.0 Å². The van der Waals surface area contributed by atoms with Crippen molar-refractivity contribution in [2.75, 3.05) is 18.5 Å². The van der Waals surface area contributed by atoms with Gasteiger partial charge in [-0.25, -0.2) is 12.8 Å². The number of anilines is 1. The second-order valence-corrected chi connectivity index (χ2v) is 10.4. The van der Waals surface area contributed by atoms with E-state index in [1.807, 2.05) is 24.3 Å². The standard InChI is InChI=1S/C25H25FN2O3S/c1-16-4-2-3-5-24(16)32(30,31)28-13-12-20-23(15-29)27-22-11-8-18(14-21(22)25(20)28)17-6-9-19(26)10-7-17/h2-11,14,20,23,25,27,29H,12-13,15H2,1H3/t20-,23+,25-/m1/s1. The normalized spacial score (nSPS) is 22.8. The van der Waals surface area contributed by atoms with E-state index in [2.05, 4.69) is 5.32 Å². The van der Waals surface area contributed by atoms with E-state index in [0.29, 0.717) is 23.4 Å². The van der Waals surface area contributed by atoms with Gasteiger partial charge >= 0.3 is 0 Å². The van der Waals surface area contributed by atoms with E-state index in [0.717, 1.165) is 22.4 Å². The molecule has 0 amide bonds. The molecule has 0 bridgehead atoms. The van der Waals surface area contributed by atoms with Crippen LogP contribution in [-0.2, 0) is 10.0 Å². The Morgan fingerprint density at radius 3 is 2.50 bits per heavy atom. The number of hydrogen-bond acceptors (Lipinski definition) is 4. The van der Waals surface area contributed by atoms with Crippen LogP contribution in [0.3, 0.4) is 0 Å². The zero-order valence-electron chi connectivity index (χ0n) is 17.7. The summed E-state index contributed by atoms with van der Waals surface area (Å²) in [6.45, 7) is 2.13. The van der Waals surface area contributed by atoms with Gasteiger partial charge in [0.1, 0.15) is 5.82 Å². The fourth-order valence-electron chi connectivity index (χ4n) is 5.08. The second kappa shape index (κ2) is 7.99. The number of sulfonamides is 1. The van der Waals surface area contributed by atoms with E-state index >= 15 is 0 Å². The lowest BCUT2D eigenvalue weighted by molar-refractivity contribution is 0.210. The quantitative estimate of drug-likeness (QED) is 0.618. The summed E-state index contributed by atoms with van der Waals surface area (Å²) in [6.07, 6.45) is 0.661. The third-order valence-electron chi connectivity index (χ3n) is 6.68. The maximum absolute atomic E-state index is 13.7. The number of fused-ring (bicyclic) bond motifs is 3. The van der Waals surface area contributed by atoms with E-state index < -0.39 is 10.0 Å². The molecular weight excluding hydrogens is 427 g/mol. The number of hydrogen-bond donors (Lipinski definition) is 2. The number of nitrogens with one attached hydrogen (secondary N) is 1. The highest BCUT2D eigenvalue weighted by Gasteiger charge is 2.48. The first-order valence-corrected chi connectivity index (χ1v) is 12.2. The predicted molar refractivity (Wildman–Crippen MR) is 122 cm³/mol. The van der Waals surface area contributed by atoms with Crippen molar-refractivity contribution >= 4 is 15.7 Å². The molecule has 3 aromatic rings. The Bertz CT molecular complexity index is 1260. The largest absolute Gasteiger partial charge is 0.394 e. The van der Waals surface area contributed by atoms with E-state index in [9.17, 15) is 17.9 Å². The summed E-state index contributed by atoms with van der Waals surface area (Å²) in [6, 6.07) is 18.6. The van der Waals surface area contributed by atoms with Crippen LogP contribution in [0, 0.1) is 18.7 Å². The highest BCUT2D eigenvalue weighted by molar-refractivity contribution is 7.89. The molecule has 32 heavy (non-hydrogen) atoms. The highest BCUT2D eigenvalue weighted by atomic mass is 32.2. The molecule has 1 saturated heterocycles. The van der Waals surface area contributed by atoms with Gasteiger partial charge < -0.3 is 10.4 Å². The Hall–Kier alpha value is -2.74. The highest BCUT2D eigenvalue weighted by Crippen LogP contribution is 2.49. The van der Waals surface area contributed by atoms with Crippen LogP contribution in [0.1, 0.15) is 23.6 Å². The molecule has 1 fully saturated rings. The number of benzene rings is 3. The molecule has 3 atom stereocenters. The molecule has 3 aromatic carbocycles. The third-order valence-corrected chi connectivity index (χ3v) is 8.72. The summed E-state index contributed by atoms with van der Waals surface area (Å²) < 4.78 is 42.4. The van der Waals surface area contributed by atoms with Crippen molar-refractivity contribution in [3.8, 4) is 11.1 Å². The minimum Gasteiger partial charge on any atom is -0.394 e. The van der Waals surface area contributed by atoms with Gasteiger partial charge in [0.15, 0.2) is 0 Å². The van der Waals surface area contributed by atoms with Gasteiger partial charge in [-0.1, -0.05) is 36.4 Å². The smallest absolute Gasteiger partial charge is 0.243 e. The second-order valence-electron chi connectivity index (χ2n) is 8.52. The molecule has 2 aliphatic heterocycles. The Kier molecular flexibility index (Phi) is 5.28. The minimum absolute atomic E-state index is 0.0465. The molecule has 0 aromatic heterocycles. The number of aliphatic hydroxyl groups is 1. The Labute approximate surface area is 187 Å². The molecule has 5 rings (SSSR count). The van der Waals surface area contributed by atoms with Gasteiger partial charge in [0.05, 0.1) is 23.6 Å². The minimum atomic E-state index is -3.72. The maximum atomic E-state index is 13.7. The van der Waals surface area contributed by atoms with Gasteiger partial charge in [-0.15, -0.1) is 0 Å². The van der Waals surface area contributed by atoms with Crippen LogP contribution in [-0.4, -0.2) is 37.0 Å². The van der Waals surface area contributed by atoms with Gasteiger partial charge in [0.25, 0.3) is 0 Å². The fraction of sp³-hybridized carbons (Fsp3) is 0.280. The lowest BCUT2D eigenvalue weighted by Gasteiger charge is -2.39. The van der Waals surface area contributed by atoms with Gasteiger partial charge in [-0.3, -0.25) is 0 Å². The zero-order chi connectivity index (χ0) is 22.5. The van der Waals surface area contributed by atoms with Crippen molar-refractivity contribution in [3.05, 3.63) is 83.7 Å². The number of nitrogens with zero attached hydrogens (tertiary/aromatic N) is 1. The molecule has 0 unspecified atom stereocenters. The Balaban J connectivity index is 1.62. The molecule has 0 aliphatic carbocycles. The summed E-state index contributed by atoms with van der Waals surface area (Å²) in [5.74, 6) is -0.347. The number of halogens is 1. The average molecular weight is 453 g/mol. The van der Waals surface area contributed by atoms with Crippen molar-refractivity contribution in [2.45, 2.75) is 30.3 Å². The molecule has 166 valence electrons. The zero-order valence-corrected chi connectivity index (χ0v) is 18.5. The number of aryl methyl sites for hydroxylation is 1. The summed E-state index contributed by atoms with van der Waals surface area (Å²) in [7, 11) is -3.72.